The maximum atomic E-state index is 9.38. The van der Waals surface area contributed by atoms with E-state index in [4.69, 9.17) is 11.6 Å². The van der Waals surface area contributed by atoms with Gasteiger partial charge in [0.15, 0.2) is 0 Å². The highest BCUT2D eigenvalue weighted by Crippen LogP contribution is 2.29. The number of aromatic nitrogens is 2. The molecule has 1 unspecified atom stereocenters. The molecular formula is C11H21ClN2O. The first-order valence-electron chi connectivity index (χ1n) is 5.60. The fourth-order valence-corrected chi connectivity index (χ4v) is 1.64. The van der Waals surface area contributed by atoms with Gasteiger partial charge in [-0.1, -0.05) is 39.3 Å². The van der Waals surface area contributed by atoms with Crippen LogP contribution in [0.15, 0.2) is 0 Å². The highest BCUT2D eigenvalue weighted by Gasteiger charge is 2.25. The van der Waals surface area contributed by atoms with Gasteiger partial charge in [-0.3, -0.25) is 0 Å². The number of fused-ring (bicyclic) bond motifs is 1. The lowest BCUT2D eigenvalue weighted by Crippen LogP contribution is -1.93. The van der Waals surface area contributed by atoms with Crippen LogP contribution >= 0.6 is 11.6 Å². The van der Waals surface area contributed by atoms with Crippen molar-refractivity contribution in [3.8, 4) is 0 Å². The van der Waals surface area contributed by atoms with Crippen molar-refractivity contribution >= 4 is 11.6 Å². The van der Waals surface area contributed by atoms with E-state index in [-0.39, 0.29) is 0 Å². The molecule has 0 aromatic carbocycles. The molecule has 1 atom stereocenters. The van der Waals surface area contributed by atoms with E-state index in [9.17, 15) is 5.11 Å². The summed E-state index contributed by atoms with van der Waals surface area (Å²) in [6.45, 7) is 10.6. The van der Waals surface area contributed by atoms with E-state index in [0.29, 0.717) is 11.0 Å². The van der Waals surface area contributed by atoms with Crippen molar-refractivity contribution in [2.24, 2.45) is 0 Å². The third kappa shape index (κ3) is 2.95. The second-order valence-corrected chi connectivity index (χ2v) is 3.16. The van der Waals surface area contributed by atoms with Gasteiger partial charge in [0.1, 0.15) is 17.1 Å². The molecule has 0 spiro atoms. The van der Waals surface area contributed by atoms with Gasteiger partial charge in [0.25, 0.3) is 0 Å². The molecule has 4 heteroatoms. The molecule has 0 amide bonds. The van der Waals surface area contributed by atoms with Gasteiger partial charge in [0, 0.05) is 6.54 Å². The molecule has 0 saturated carbocycles. The smallest absolute Gasteiger partial charge is 0.139 e. The molecule has 0 bridgehead atoms. The zero-order chi connectivity index (χ0) is 12.0. The van der Waals surface area contributed by atoms with Crippen LogP contribution < -0.4 is 0 Å². The molecule has 1 N–H and O–H groups in total. The highest BCUT2D eigenvalue weighted by atomic mass is 35.5. The molecule has 0 saturated heterocycles. The summed E-state index contributed by atoms with van der Waals surface area (Å²) in [6, 6.07) is 0. The Hall–Kier alpha value is -0.540. The zero-order valence-corrected chi connectivity index (χ0v) is 11.0. The maximum absolute atomic E-state index is 9.38. The number of hydrogen-bond acceptors (Lipinski definition) is 2. The summed E-state index contributed by atoms with van der Waals surface area (Å²) < 4.78 is 1.86. The topological polar surface area (TPSA) is 38.0 Å². The van der Waals surface area contributed by atoms with Crippen LogP contribution in [-0.4, -0.2) is 14.7 Å². The molecule has 0 aliphatic carbocycles. The van der Waals surface area contributed by atoms with Crippen molar-refractivity contribution in [1.82, 2.24) is 9.55 Å². The number of rotatable bonds is 0. The van der Waals surface area contributed by atoms with Crippen molar-refractivity contribution in [1.29, 1.82) is 0 Å². The molecule has 1 aromatic rings. The standard InChI is InChI=1S/C7H9ClN2O.2C2H6/c1-4-6(8)10-3-2-5(11)7(10)9-4;2*1-2/h5,11H,2-3H2,1H3;2*1-2H3. The molecule has 1 aliphatic rings. The van der Waals surface area contributed by atoms with Crippen molar-refractivity contribution in [2.75, 3.05) is 0 Å². The summed E-state index contributed by atoms with van der Waals surface area (Å²) in [5.74, 6) is 0.715. The SMILES string of the molecule is CC.CC.Cc1nc2n(c1Cl)CCC2O. The van der Waals surface area contributed by atoms with Gasteiger partial charge < -0.3 is 9.67 Å². The Morgan fingerprint density at radius 1 is 1.33 bits per heavy atom. The number of nitrogens with zero attached hydrogens (tertiary/aromatic N) is 2. The number of aliphatic hydroxyl groups excluding tert-OH is 1. The van der Waals surface area contributed by atoms with Crippen molar-refractivity contribution < 1.29 is 5.11 Å². The van der Waals surface area contributed by atoms with E-state index < -0.39 is 6.10 Å². The molecule has 2 heterocycles. The third-order valence-electron chi connectivity index (χ3n) is 2.02. The van der Waals surface area contributed by atoms with Gasteiger partial charge in [-0.25, -0.2) is 4.98 Å². The molecule has 0 radical (unpaired) electrons. The fraction of sp³-hybridized carbons (Fsp3) is 0.727. The van der Waals surface area contributed by atoms with Gasteiger partial charge in [-0.15, -0.1) is 0 Å². The first-order chi connectivity index (χ1) is 7.20. The number of hydrogen-bond donors (Lipinski definition) is 1. The van der Waals surface area contributed by atoms with Crippen LogP contribution in [0.25, 0.3) is 0 Å². The summed E-state index contributed by atoms with van der Waals surface area (Å²) in [6.07, 6.45) is 0.323. The Kier molecular flexibility index (Phi) is 6.61. The third-order valence-corrected chi connectivity index (χ3v) is 2.50. The van der Waals surface area contributed by atoms with Gasteiger partial charge in [-0.2, -0.15) is 0 Å². The lowest BCUT2D eigenvalue weighted by molar-refractivity contribution is 0.175. The van der Waals surface area contributed by atoms with Crippen LogP contribution in [-0.2, 0) is 6.54 Å². The number of aryl methyl sites for hydroxylation is 1. The number of aliphatic hydroxyl groups is 1. The number of halogens is 1. The van der Waals surface area contributed by atoms with Crippen LogP contribution in [0.5, 0.6) is 0 Å². The minimum Gasteiger partial charge on any atom is -0.385 e. The first kappa shape index (κ1) is 14.5. The summed E-state index contributed by atoms with van der Waals surface area (Å²) in [5, 5.41) is 10.0. The predicted octanol–water partition coefficient (Wildman–Crippen LogP) is 3.33. The van der Waals surface area contributed by atoms with Crippen LogP contribution in [0.2, 0.25) is 5.15 Å². The second-order valence-electron chi connectivity index (χ2n) is 2.80. The van der Waals surface area contributed by atoms with E-state index in [2.05, 4.69) is 4.98 Å². The van der Waals surface area contributed by atoms with Crippen LogP contribution in [0.4, 0.5) is 0 Å². The van der Waals surface area contributed by atoms with Crippen molar-refractivity contribution in [2.45, 2.75) is 53.7 Å². The Balaban J connectivity index is 0.000000442. The molecule has 1 aliphatic heterocycles. The van der Waals surface area contributed by atoms with Crippen LogP contribution in [0.3, 0.4) is 0 Å². The summed E-state index contributed by atoms with van der Waals surface area (Å²) in [4.78, 5) is 4.15. The largest absolute Gasteiger partial charge is 0.385 e. The van der Waals surface area contributed by atoms with E-state index in [1.54, 1.807) is 0 Å². The molecule has 3 nitrogen and oxygen atoms in total. The fourth-order valence-electron chi connectivity index (χ4n) is 1.42. The van der Waals surface area contributed by atoms with E-state index in [1.165, 1.54) is 0 Å². The summed E-state index contributed by atoms with van der Waals surface area (Å²) >= 11 is 5.91. The van der Waals surface area contributed by atoms with E-state index >= 15 is 0 Å². The Labute approximate surface area is 97.1 Å². The second kappa shape index (κ2) is 6.85. The van der Waals surface area contributed by atoms with E-state index in [1.807, 2.05) is 39.2 Å². The molecular weight excluding hydrogens is 212 g/mol. The zero-order valence-electron chi connectivity index (χ0n) is 10.2. The maximum Gasteiger partial charge on any atom is 0.139 e. The Morgan fingerprint density at radius 2 is 1.87 bits per heavy atom. The Bertz CT molecular complexity index is 297. The van der Waals surface area contributed by atoms with Crippen molar-refractivity contribution in [3.63, 3.8) is 0 Å². The van der Waals surface area contributed by atoms with Crippen molar-refractivity contribution in [3.05, 3.63) is 16.7 Å². The predicted molar refractivity (Wildman–Crippen MR) is 64.2 cm³/mol. The highest BCUT2D eigenvalue weighted by molar-refractivity contribution is 6.30. The molecule has 88 valence electrons. The first-order valence-corrected chi connectivity index (χ1v) is 5.98. The lowest BCUT2D eigenvalue weighted by Gasteiger charge is -1.95. The van der Waals surface area contributed by atoms with Crippen LogP contribution in [0, 0.1) is 6.92 Å². The minimum atomic E-state index is -0.416. The van der Waals surface area contributed by atoms with Crippen LogP contribution in [0.1, 0.15) is 51.7 Å². The molecule has 1 aromatic heterocycles. The summed E-state index contributed by atoms with van der Waals surface area (Å²) in [5.41, 5.74) is 0.806. The minimum absolute atomic E-state index is 0.416. The van der Waals surface area contributed by atoms with Gasteiger partial charge in [0.05, 0.1) is 5.69 Å². The lowest BCUT2D eigenvalue weighted by atomic mass is 10.3. The van der Waals surface area contributed by atoms with Gasteiger partial charge in [0.2, 0.25) is 0 Å². The van der Waals surface area contributed by atoms with Gasteiger partial charge >= 0.3 is 0 Å². The number of imidazole rings is 1. The van der Waals surface area contributed by atoms with E-state index in [0.717, 1.165) is 18.7 Å². The monoisotopic (exact) mass is 232 g/mol. The quantitative estimate of drug-likeness (QED) is 0.745. The van der Waals surface area contributed by atoms with Gasteiger partial charge in [-0.05, 0) is 13.3 Å². The molecule has 15 heavy (non-hydrogen) atoms. The Morgan fingerprint density at radius 3 is 2.33 bits per heavy atom. The molecule has 2 rings (SSSR count). The average molecular weight is 233 g/mol. The average Bonchev–Trinajstić information content (AvgIpc) is 2.78. The normalized spacial score (nSPS) is 17.1. The summed E-state index contributed by atoms with van der Waals surface area (Å²) in [7, 11) is 0. The molecule has 0 fully saturated rings.